The molecule has 3 rings (SSSR count). The van der Waals surface area contributed by atoms with Crippen LogP contribution in [0.25, 0.3) is 0 Å². The predicted octanol–water partition coefficient (Wildman–Crippen LogP) is 1.82. The summed E-state index contributed by atoms with van der Waals surface area (Å²) in [4.78, 5) is 10.5. The highest BCUT2D eigenvalue weighted by atomic mass is 19.1. The SMILES string of the molecule is O=[N+]([O-])c1cc(CNc2ccccc2F)c2c(c1)NC(O)C(O)N2. The Morgan fingerprint density at radius 3 is 2.62 bits per heavy atom. The third-order valence-electron chi connectivity index (χ3n) is 3.65. The van der Waals surface area contributed by atoms with Gasteiger partial charge in [-0.1, -0.05) is 12.1 Å². The quantitative estimate of drug-likeness (QED) is 0.427. The van der Waals surface area contributed by atoms with E-state index in [2.05, 4.69) is 16.0 Å². The van der Waals surface area contributed by atoms with Crippen molar-refractivity contribution in [2.45, 2.75) is 19.0 Å². The summed E-state index contributed by atoms with van der Waals surface area (Å²) in [6.45, 7) is 0.0858. The van der Waals surface area contributed by atoms with Crippen LogP contribution in [0.2, 0.25) is 0 Å². The first-order valence-electron chi connectivity index (χ1n) is 7.14. The van der Waals surface area contributed by atoms with E-state index in [-0.39, 0.29) is 23.6 Å². The molecular formula is C15H15FN4O4. The number of halogens is 1. The number of rotatable bonds is 4. The molecule has 126 valence electrons. The Labute approximate surface area is 136 Å². The molecule has 2 aromatic rings. The lowest BCUT2D eigenvalue weighted by Gasteiger charge is -2.31. The van der Waals surface area contributed by atoms with Gasteiger partial charge in [-0.05, 0) is 12.1 Å². The molecule has 2 unspecified atom stereocenters. The lowest BCUT2D eigenvalue weighted by Crippen LogP contribution is -2.43. The molecular weight excluding hydrogens is 319 g/mol. The summed E-state index contributed by atoms with van der Waals surface area (Å²) < 4.78 is 13.7. The maximum absolute atomic E-state index is 13.7. The number of nitrogens with zero attached hydrogens (tertiary/aromatic N) is 1. The molecule has 1 aliphatic heterocycles. The number of benzene rings is 2. The van der Waals surface area contributed by atoms with Crippen molar-refractivity contribution in [2.24, 2.45) is 0 Å². The molecule has 0 radical (unpaired) electrons. The zero-order valence-corrected chi connectivity index (χ0v) is 12.4. The Morgan fingerprint density at radius 1 is 1.21 bits per heavy atom. The number of hydrogen-bond donors (Lipinski definition) is 5. The van der Waals surface area contributed by atoms with Gasteiger partial charge < -0.3 is 26.2 Å². The molecule has 0 saturated heterocycles. The monoisotopic (exact) mass is 334 g/mol. The van der Waals surface area contributed by atoms with Crippen molar-refractivity contribution in [3.63, 3.8) is 0 Å². The minimum Gasteiger partial charge on any atom is -0.379 e. The highest BCUT2D eigenvalue weighted by Gasteiger charge is 2.27. The zero-order valence-electron chi connectivity index (χ0n) is 12.4. The second kappa shape index (κ2) is 6.30. The third-order valence-corrected chi connectivity index (χ3v) is 3.65. The van der Waals surface area contributed by atoms with Crippen molar-refractivity contribution in [3.8, 4) is 0 Å². The van der Waals surface area contributed by atoms with Gasteiger partial charge in [0, 0.05) is 24.2 Å². The van der Waals surface area contributed by atoms with E-state index in [1.165, 1.54) is 18.2 Å². The molecule has 1 aliphatic rings. The number of fused-ring (bicyclic) bond motifs is 1. The largest absolute Gasteiger partial charge is 0.379 e. The van der Waals surface area contributed by atoms with Gasteiger partial charge in [-0.3, -0.25) is 10.1 Å². The van der Waals surface area contributed by atoms with Gasteiger partial charge in [0.25, 0.3) is 5.69 Å². The number of nitro groups is 1. The van der Waals surface area contributed by atoms with Crippen LogP contribution in [0.3, 0.4) is 0 Å². The van der Waals surface area contributed by atoms with E-state index < -0.39 is 23.2 Å². The highest BCUT2D eigenvalue weighted by molar-refractivity contribution is 5.78. The lowest BCUT2D eigenvalue weighted by atomic mass is 10.1. The Bertz CT molecular complexity index is 786. The van der Waals surface area contributed by atoms with E-state index in [0.717, 1.165) is 0 Å². The van der Waals surface area contributed by atoms with E-state index in [4.69, 9.17) is 0 Å². The van der Waals surface area contributed by atoms with E-state index in [9.17, 15) is 24.7 Å². The molecule has 0 spiro atoms. The third kappa shape index (κ3) is 3.07. The molecule has 5 N–H and O–H groups in total. The fourth-order valence-corrected chi connectivity index (χ4v) is 2.47. The molecule has 0 bridgehead atoms. The number of para-hydroxylation sites is 1. The summed E-state index contributed by atoms with van der Waals surface area (Å²) in [6.07, 6.45) is -2.57. The molecule has 0 aliphatic carbocycles. The highest BCUT2D eigenvalue weighted by Crippen LogP contribution is 2.35. The Kier molecular flexibility index (Phi) is 4.19. The minimum atomic E-state index is -1.30. The van der Waals surface area contributed by atoms with Gasteiger partial charge in [-0.15, -0.1) is 0 Å². The first-order chi connectivity index (χ1) is 11.5. The number of anilines is 3. The van der Waals surface area contributed by atoms with Gasteiger partial charge in [0.2, 0.25) is 0 Å². The lowest BCUT2D eigenvalue weighted by molar-refractivity contribution is -0.384. The fourth-order valence-electron chi connectivity index (χ4n) is 2.47. The number of aliphatic hydroxyl groups excluding tert-OH is 2. The summed E-state index contributed by atoms with van der Waals surface area (Å²) in [5.41, 5.74) is 1.20. The van der Waals surface area contributed by atoms with Crippen LogP contribution in [0.15, 0.2) is 36.4 Å². The summed E-state index contributed by atoms with van der Waals surface area (Å²) in [6, 6.07) is 8.64. The Morgan fingerprint density at radius 2 is 1.92 bits per heavy atom. The van der Waals surface area contributed by atoms with Gasteiger partial charge in [-0.25, -0.2) is 4.39 Å². The summed E-state index contributed by atoms with van der Waals surface area (Å²) >= 11 is 0. The van der Waals surface area contributed by atoms with Crippen LogP contribution in [-0.2, 0) is 6.54 Å². The van der Waals surface area contributed by atoms with Gasteiger partial charge in [0.05, 0.1) is 22.0 Å². The second-order valence-corrected chi connectivity index (χ2v) is 5.30. The summed E-state index contributed by atoms with van der Waals surface area (Å²) in [5.74, 6) is -0.446. The van der Waals surface area contributed by atoms with Gasteiger partial charge >= 0.3 is 0 Å². The Balaban J connectivity index is 1.94. The Hall–Kier alpha value is -2.91. The van der Waals surface area contributed by atoms with E-state index in [0.29, 0.717) is 11.3 Å². The van der Waals surface area contributed by atoms with Crippen molar-refractivity contribution in [3.05, 3.63) is 57.9 Å². The maximum Gasteiger partial charge on any atom is 0.271 e. The minimum absolute atomic E-state index is 0.0858. The molecule has 2 aromatic carbocycles. The normalized spacial score (nSPS) is 19.0. The molecule has 0 fully saturated rings. The van der Waals surface area contributed by atoms with Gasteiger partial charge in [0.1, 0.15) is 5.82 Å². The van der Waals surface area contributed by atoms with Crippen LogP contribution in [-0.4, -0.2) is 27.6 Å². The van der Waals surface area contributed by atoms with E-state index >= 15 is 0 Å². The summed E-state index contributed by atoms with van der Waals surface area (Å²) in [5, 5.41) is 38.6. The average molecular weight is 334 g/mol. The number of nitro benzene ring substituents is 1. The molecule has 0 aromatic heterocycles. The standard InChI is InChI=1S/C15H15FN4O4/c16-10-3-1-2-4-11(10)17-7-8-5-9(20(23)24)6-12-13(8)19-15(22)14(21)18-12/h1-6,14-15,17-19,21-22H,7H2. The molecule has 0 saturated carbocycles. The number of aliphatic hydroxyl groups is 2. The van der Waals surface area contributed by atoms with Crippen molar-refractivity contribution >= 4 is 22.7 Å². The molecule has 24 heavy (non-hydrogen) atoms. The van der Waals surface area contributed by atoms with Gasteiger partial charge in [-0.2, -0.15) is 0 Å². The topological polar surface area (TPSA) is 120 Å². The zero-order chi connectivity index (χ0) is 17.3. The van der Waals surface area contributed by atoms with Crippen LogP contribution >= 0.6 is 0 Å². The van der Waals surface area contributed by atoms with Crippen molar-refractivity contribution in [1.29, 1.82) is 0 Å². The van der Waals surface area contributed by atoms with Crippen LogP contribution in [0.5, 0.6) is 0 Å². The van der Waals surface area contributed by atoms with Crippen LogP contribution in [0.1, 0.15) is 5.56 Å². The number of non-ortho nitro benzene ring substituents is 1. The van der Waals surface area contributed by atoms with Crippen molar-refractivity contribution in [2.75, 3.05) is 16.0 Å². The van der Waals surface area contributed by atoms with Crippen LogP contribution in [0, 0.1) is 15.9 Å². The first kappa shape index (κ1) is 16.0. The van der Waals surface area contributed by atoms with Crippen molar-refractivity contribution in [1.82, 2.24) is 0 Å². The van der Waals surface area contributed by atoms with Crippen LogP contribution in [0.4, 0.5) is 27.1 Å². The van der Waals surface area contributed by atoms with Gasteiger partial charge in [0.15, 0.2) is 12.5 Å². The molecule has 1 heterocycles. The number of hydrogen-bond acceptors (Lipinski definition) is 7. The van der Waals surface area contributed by atoms with E-state index in [1.54, 1.807) is 18.2 Å². The molecule has 2 atom stereocenters. The van der Waals surface area contributed by atoms with Crippen LogP contribution < -0.4 is 16.0 Å². The first-order valence-corrected chi connectivity index (χ1v) is 7.14. The maximum atomic E-state index is 13.7. The molecule has 8 nitrogen and oxygen atoms in total. The fraction of sp³-hybridized carbons (Fsp3) is 0.200. The number of nitrogens with one attached hydrogen (secondary N) is 3. The van der Waals surface area contributed by atoms with Crippen molar-refractivity contribution < 1.29 is 19.5 Å². The summed E-state index contributed by atoms with van der Waals surface area (Å²) in [7, 11) is 0. The predicted molar refractivity (Wildman–Crippen MR) is 86.1 cm³/mol. The van der Waals surface area contributed by atoms with E-state index in [1.807, 2.05) is 0 Å². The molecule has 0 amide bonds. The average Bonchev–Trinajstić information content (AvgIpc) is 2.55. The second-order valence-electron chi connectivity index (χ2n) is 5.30. The smallest absolute Gasteiger partial charge is 0.271 e. The molecule has 9 heteroatoms.